The second kappa shape index (κ2) is 7.17. The molecular formula is C14H24N2O3S. The Bertz CT molecular complexity index is 554. The van der Waals surface area contributed by atoms with Gasteiger partial charge >= 0.3 is 0 Å². The third-order valence-electron chi connectivity index (χ3n) is 3.05. The van der Waals surface area contributed by atoms with Gasteiger partial charge in [-0.3, -0.25) is 0 Å². The molecule has 0 heterocycles. The van der Waals surface area contributed by atoms with Gasteiger partial charge in [-0.2, -0.15) is 0 Å². The van der Waals surface area contributed by atoms with E-state index < -0.39 is 10.0 Å². The molecule has 0 aliphatic carbocycles. The highest BCUT2D eigenvalue weighted by molar-refractivity contribution is 7.89. The maximum atomic E-state index is 12.3. The van der Waals surface area contributed by atoms with Crippen molar-refractivity contribution in [2.75, 3.05) is 13.2 Å². The van der Waals surface area contributed by atoms with Crippen LogP contribution in [0.15, 0.2) is 17.0 Å². The quantitative estimate of drug-likeness (QED) is 0.747. The average Bonchev–Trinajstić information content (AvgIpc) is 2.37. The van der Waals surface area contributed by atoms with Crippen molar-refractivity contribution in [1.82, 2.24) is 4.72 Å². The molecule has 0 unspecified atom stereocenters. The summed E-state index contributed by atoms with van der Waals surface area (Å²) in [6.07, 6.45) is 0.0871. The van der Waals surface area contributed by atoms with Crippen LogP contribution >= 0.6 is 0 Å². The number of hydrogen-bond donors (Lipinski definition) is 2. The Labute approximate surface area is 121 Å². The second-order valence-corrected chi connectivity index (χ2v) is 6.79. The number of ether oxygens (including phenoxy) is 1. The highest BCUT2D eigenvalue weighted by atomic mass is 32.2. The van der Waals surface area contributed by atoms with Crippen LogP contribution in [-0.2, 0) is 21.3 Å². The van der Waals surface area contributed by atoms with Gasteiger partial charge < -0.3 is 10.5 Å². The summed E-state index contributed by atoms with van der Waals surface area (Å²) >= 11 is 0. The average molecular weight is 300 g/mol. The van der Waals surface area contributed by atoms with E-state index in [0.29, 0.717) is 18.0 Å². The Hall–Kier alpha value is -0.950. The standard InChI is InChI=1S/C14H24N2O3S/c1-10(2)19-6-5-16-20(17,18)14-8-13(9-15)7-11(3)12(14)4/h7-8,10,16H,5-6,9,15H2,1-4H3. The topological polar surface area (TPSA) is 81.4 Å². The lowest BCUT2D eigenvalue weighted by atomic mass is 10.1. The highest BCUT2D eigenvalue weighted by Gasteiger charge is 2.18. The molecule has 114 valence electrons. The Kier molecular flexibility index (Phi) is 6.13. The SMILES string of the molecule is Cc1cc(CN)cc(S(=O)(=O)NCCOC(C)C)c1C. The number of aryl methyl sites for hydroxylation is 1. The lowest BCUT2D eigenvalue weighted by molar-refractivity contribution is 0.0834. The molecule has 0 aliphatic rings. The van der Waals surface area contributed by atoms with Crippen LogP contribution in [0, 0.1) is 13.8 Å². The zero-order valence-electron chi connectivity index (χ0n) is 12.6. The fourth-order valence-electron chi connectivity index (χ4n) is 1.84. The minimum atomic E-state index is -3.53. The van der Waals surface area contributed by atoms with Crippen molar-refractivity contribution in [2.45, 2.75) is 45.2 Å². The van der Waals surface area contributed by atoms with Gasteiger partial charge in [0.25, 0.3) is 0 Å². The number of nitrogens with two attached hydrogens (primary N) is 1. The van der Waals surface area contributed by atoms with Gasteiger partial charge in [-0.25, -0.2) is 13.1 Å². The van der Waals surface area contributed by atoms with E-state index in [-0.39, 0.29) is 12.6 Å². The first-order chi connectivity index (χ1) is 9.27. The maximum Gasteiger partial charge on any atom is 0.240 e. The third kappa shape index (κ3) is 4.56. The third-order valence-corrected chi connectivity index (χ3v) is 4.64. The molecule has 5 nitrogen and oxygen atoms in total. The summed E-state index contributed by atoms with van der Waals surface area (Å²) in [5.74, 6) is 0. The minimum Gasteiger partial charge on any atom is -0.377 e. The van der Waals surface area contributed by atoms with Crippen molar-refractivity contribution >= 4 is 10.0 Å². The van der Waals surface area contributed by atoms with Gasteiger partial charge in [0, 0.05) is 13.1 Å². The van der Waals surface area contributed by atoms with Gasteiger partial charge in [-0.1, -0.05) is 6.07 Å². The molecule has 0 atom stereocenters. The Morgan fingerprint density at radius 1 is 1.30 bits per heavy atom. The molecule has 0 spiro atoms. The summed E-state index contributed by atoms with van der Waals surface area (Å²) in [7, 11) is -3.53. The lowest BCUT2D eigenvalue weighted by Gasteiger charge is -2.13. The number of nitrogens with one attached hydrogen (secondary N) is 1. The van der Waals surface area contributed by atoms with E-state index in [0.717, 1.165) is 16.7 Å². The minimum absolute atomic E-state index is 0.0871. The van der Waals surface area contributed by atoms with Crippen LogP contribution in [0.5, 0.6) is 0 Å². The summed E-state index contributed by atoms with van der Waals surface area (Å²) < 4.78 is 32.5. The molecule has 1 rings (SSSR count). The molecule has 6 heteroatoms. The molecule has 0 aliphatic heterocycles. The maximum absolute atomic E-state index is 12.3. The van der Waals surface area contributed by atoms with Gasteiger partial charge in [0.2, 0.25) is 10.0 Å². The second-order valence-electron chi connectivity index (χ2n) is 5.06. The number of hydrogen-bond acceptors (Lipinski definition) is 4. The molecule has 1 aromatic rings. The van der Waals surface area contributed by atoms with E-state index in [1.54, 1.807) is 13.0 Å². The normalized spacial score (nSPS) is 12.1. The van der Waals surface area contributed by atoms with Gasteiger partial charge in [-0.15, -0.1) is 0 Å². The molecule has 0 saturated carbocycles. The predicted molar refractivity (Wildman–Crippen MR) is 80.1 cm³/mol. The molecular weight excluding hydrogens is 276 g/mol. The first-order valence-corrected chi connectivity index (χ1v) is 8.17. The van der Waals surface area contributed by atoms with E-state index in [2.05, 4.69) is 4.72 Å². The van der Waals surface area contributed by atoms with E-state index >= 15 is 0 Å². The van der Waals surface area contributed by atoms with E-state index in [4.69, 9.17) is 10.5 Å². The Morgan fingerprint density at radius 3 is 2.50 bits per heavy atom. The summed E-state index contributed by atoms with van der Waals surface area (Å²) in [6.45, 7) is 8.43. The van der Waals surface area contributed by atoms with Crippen molar-refractivity contribution < 1.29 is 13.2 Å². The van der Waals surface area contributed by atoms with Crippen LogP contribution in [0.25, 0.3) is 0 Å². The summed E-state index contributed by atoms with van der Waals surface area (Å²) in [5, 5.41) is 0. The molecule has 0 saturated heterocycles. The molecule has 1 aromatic carbocycles. The molecule has 20 heavy (non-hydrogen) atoms. The summed E-state index contributed by atoms with van der Waals surface area (Å²) in [5.41, 5.74) is 8.09. The van der Waals surface area contributed by atoms with Crippen molar-refractivity contribution in [3.05, 3.63) is 28.8 Å². The number of sulfonamides is 1. The lowest BCUT2D eigenvalue weighted by Crippen LogP contribution is -2.29. The Morgan fingerprint density at radius 2 is 1.95 bits per heavy atom. The number of benzene rings is 1. The fraction of sp³-hybridized carbons (Fsp3) is 0.571. The first-order valence-electron chi connectivity index (χ1n) is 6.69. The smallest absolute Gasteiger partial charge is 0.240 e. The van der Waals surface area contributed by atoms with E-state index in [9.17, 15) is 8.42 Å². The molecule has 0 bridgehead atoms. The number of rotatable bonds is 7. The van der Waals surface area contributed by atoms with Crippen LogP contribution < -0.4 is 10.5 Å². The van der Waals surface area contributed by atoms with Crippen LogP contribution in [-0.4, -0.2) is 27.7 Å². The van der Waals surface area contributed by atoms with Crippen LogP contribution in [0.3, 0.4) is 0 Å². The largest absolute Gasteiger partial charge is 0.377 e. The zero-order valence-corrected chi connectivity index (χ0v) is 13.4. The van der Waals surface area contributed by atoms with Gasteiger partial charge in [0.1, 0.15) is 0 Å². The molecule has 0 fully saturated rings. The van der Waals surface area contributed by atoms with Crippen LogP contribution in [0.1, 0.15) is 30.5 Å². The van der Waals surface area contributed by atoms with E-state index in [1.807, 2.05) is 26.8 Å². The molecule has 0 amide bonds. The van der Waals surface area contributed by atoms with Crippen LogP contribution in [0.2, 0.25) is 0 Å². The molecule has 0 aromatic heterocycles. The summed E-state index contributed by atoms with van der Waals surface area (Å²) in [4.78, 5) is 0.294. The van der Waals surface area contributed by atoms with Gasteiger partial charge in [0.15, 0.2) is 0 Å². The van der Waals surface area contributed by atoms with E-state index in [1.165, 1.54) is 0 Å². The van der Waals surface area contributed by atoms with Crippen molar-refractivity contribution in [1.29, 1.82) is 0 Å². The Balaban J connectivity index is 2.89. The molecule has 3 N–H and O–H groups in total. The predicted octanol–water partition coefficient (Wildman–Crippen LogP) is 1.47. The first kappa shape index (κ1) is 17.1. The summed E-state index contributed by atoms with van der Waals surface area (Å²) in [6, 6.07) is 3.55. The van der Waals surface area contributed by atoms with Gasteiger partial charge in [-0.05, 0) is 50.5 Å². The van der Waals surface area contributed by atoms with Crippen molar-refractivity contribution in [3.63, 3.8) is 0 Å². The van der Waals surface area contributed by atoms with Crippen molar-refractivity contribution in [2.24, 2.45) is 5.73 Å². The van der Waals surface area contributed by atoms with Crippen molar-refractivity contribution in [3.8, 4) is 0 Å². The van der Waals surface area contributed by atoms with Gasteiger partial charge in [0.05, 0.1) is 17.6 Å². The van der Waals surface area contributed by atoms with Crippen LogP contribution in [0.4, 0.5) is 0 Å². The molecule has 0 radical (unpaired) electrons. The highest BCUT2D eigenvalue weighted by Crippen LogP contribution is 2.20. The fourth-order valence-corrected chi connectivity index (χ4v) is 3.22. The zero-order chi connectivity index (χ0) is 15.3. The monoisotopic (exact) mass is 300 g/mol.